The Balaban J connectivity index is 2.54. The molecule has 0 fully saturated rings. The van der Waals surface area contributed by atoms with E-state index in [-0.39, 0.29) is 0 Å². The number of hydrogen-bond donors (Lipinski definition) is 0. The van der Waals surface area contributed by atoms with Crippen LogP contribution in [0.15, 0.2) is 0 Å². The fourth-order valence-electron chi connectivity index (χ4n) is 0. The molecule has 0 amide bonds. The Morgan fingerprint density at radius 1 is 1.60 bits per heavy atom. The molecule has 0 nitrogen and oxygen atoms in total. The van der Waals surface area contributed by atoms with Gasteiger partial charge in [-0.1, -0.05) is 0 Å². The first kappa shape index (κ1) is 5.54. The van der Waals surface area contributed by atoms with E-state index in [1.54, 1.807) is 0 Å². The Kier molecular flexibility index (Phi) is 3.06. The summed E-state index contributed by atoms with van der Waals surface area (Å²) in [7, 11) is 0. The number of hydrogen-bond acceptors (Lipinski definition) is 0. The van der Waals surface area contributed by atoms with Crippen molar-refractivity contribution in [1.29, 1.82) is 0 Å². The van der Waals surface area contributed by atoms with Crippen molar-refractivity contribution in [1.82, 2.24) is 0 Å². The average Bonchev–Trinajstić information content (AvgIpc) is 1.38. The second-order valence-electron chi connectivity index (χ2n) is 1.68. The SMILES string of the molecule is CC(C)[CH2][GeH2]. The van der Waals surface area contributed by atoms with Crippen LogP contribution in [0.3, 0.4) is 0 Å². The molecule has 0 heterocycles. The van der Waals surface area contributed by atoms with Crippen LogP contribution in [0.5, 0.6) is 0 Å². The summed E-state index contributed by atoms with van der Waals surface area (Å²) in [5.41, 5.74) is 0. The van der Waals surface area contributed by atoms with Crippen LogP contribution >= 0.6 is 0 Å². The summed E-state index contributed by atoms with van der Waals surface area (Å²) in [6.45, 7) is 4.51. The average molecular weight is 132 g/mol. The zero-order valence-electron chi connectivity index (χ0n) is 3.99. The van der Waals surface area contributed by atoms with Crippen LogP contribution in [0.4, 0.5) is 0 Å². The molecule has 0 aliphatic rings. The standard InChI is InChI=1S/C4H11Ge/c1-4(2)3-5/h4H,3,5H2,1-2H3. The molecule has 0 atom stereocenters. The van der Waals surface area contributed by atoms with Gasteiger partial charge in [-0.25, -0.2) is 0 Å². The molecule has 0 saturated carbocycles. The molecule has 0 aliphatic carbocycles. The molecule has 0 unspecified atom stereocenters. The van der Waals surface area contributed by atoms with Gasteiger partial charge in [-0.15, -0.1) is 0 Å². The molecular formula is C4H11Ge. The van der Waals surface area contributed by atoms with Crippen molar-refractivity contribution in [3.63, 3.8) is 0 Å². The van der Waals surface area contributed by atoms with Gasteiger partial charge in [0.05, 0.1) is 0 Å². The molecule has 0 N–H and O–H groups in total. The first-order chi connectivity index (χ1) is 2.27. The third-order valence-corrected chi connectivity index (χ3v) is 3.00. The van der Waals surface area contributed by atoms with Gasteiger partial charge in [0.2, 0.25) is 0 Å². The van der Waals surface area contributed by atoms with Gasteiger partial charge in [0, 0.05) is 0 Å². The summed E-state index contributed by atoms with van der Waals surface area (Å²) in [6.07, 6.45) is 0. The maximum atomic E-state index is 2.25. The van der Waals surface area contributed by atoms with Crippen molar-refractivity contribution in [3.8, 4) is 0 Å². The van der Waals surface area contributed by atoms with E-state index in [0.29, 0.717) is 0 Å². The monoisotopic (exact) mass is 133 g/mol. The molecule has 0 spiro atoms. The van der Waals surface area contributed by atoms with Crippen LogP contribution in [0.2, 0.25) is 5.25 Å². The van der Waals surface area contributed by atoms with Crippen LogP contribution in [-0.2, 0) is 0 Å². The first-order valence-electron chi connectivity index (χ1n) is 2.06. The molecule has 0 bridgehead atoms. The van der Waals surface area contributed by atoms with E-state index in [2.05, 4.69) is 13.8 Å². The number of rotatable bonds is 1. The molecule has 1 radical (unpaired) electrons. The summed E-state index contributed by atoms with van der Waals surface area (Å²) in [5, 5.41) is 1.43. The van der Waals surface area contributed by atoms with Gasteiger partial charge < -0.3 is 0 Å². The molecular weight excluding hydrogens is 121 g/mol. The zero-order chi connectivity index (χ0) is 4.28. The van der Waals surface area contributed by atoms with E-state index in [4.69, 9.17) is 0 Å². The van der Waals surface area contributed by atoms with E-state index in [1.165, 1.54) is 21.8 Å². The zero-order valence-corrected chi connectivity index (χ0v) is 6.96. The minimum absolute atomic E-state index is 0.940. The molecule has 5 heavy (non-hydrogen) atoms. The topological polar surface area (TPSA) is 0 Å². The van der Waals surface area contributed by atoms with Gasteiger partial charge in [-0.2, -0.15) is 0 Å². The van der Waals surface area contributed by atoms with Gasteiger partial charge in [0.1, 0.15) is 0 Å². The Bertz CT molecular complexity index is 17.6. The Labute approximate surface area is 42.2 Å². The van der Waals surface area contributed by atoms with Gasteiger partial charge in [0.25, 0.3) is 0 Å². The fourth-order valence-corrected chi connectivity index (χ4v) is 0. The molecule has 0 aromatic rings. The second kappa shape index (κ2) is 2.76. The maximum absolute atomic E-state index is 2.25. The van der Waals surface area contributed by atoms with Crippen LogP contribution in [0.1, 0.15) is 13.8 Å². The van der Waals surface area contributed by atoms with E-state index in [9.17, 15) is 0 Å². The summed E-state index contributed by atoms with van der Waals surface area (Å²) >= 11 is 1.46. The predicted molar refractivity (Wildman–Crippen MR) is 28.2 cm³/mol. The second-order valence-corrected chi connectivity index (χ2v) is 2.89. The van der Waals surface area contributed by atoms with Crippen LogP contribution in [-0.4, -0.2) is 16.5 Å². The van der Waals surface area contributed by atoms with E-state index >= 15 is 0 Å². The van der Waals surface area contributed by atoms with Gasteiger partial charge >= 0.3 is 41.5 Å². The van der Waals surface area contributed by atoms with Crippen molar-refractivity contribution in [2.45, 2.75) is 19.1 Å². The normalized spacial score (nSPS) is 9.60. The molecule has 0 saturated heterocycles. The molecule has 0 aliphatic heterocycles. The van der Waals surface area contributed by atoms with Crippen LogP contribution in [0.25, 0.3) is 0 Å². The quantitative estimate of drug-likeness (QED) is 0.460. The summed E-state index contributed by atoms with van der Waals surface area (Å²) in [5.74, 6) is 0.940. The van der Waals surface area contributed by atoms with Crippen LogP contribution in [0, 0.1) is 5.92 Å². The summed E-state index contributed by atoms with van der Waals surface area (Å²) < 4.78 is 0. The van der Waals surface area contributed by atoms with Crippen molar-refractivity contribution in [2.75, 3.05) is 0 Å². The molecule has 0 aromatic heterocycles. The summed E-state index contributed by atoms with van der Waals surface area (Å²) in [4.78, 5) is 0. The van der Waals surface area contributed by atoms with E-state index in [0.717, 1.165) is 5.92 Å². The third kappa shape index (κ3) is 4.54. The van der Waals surface area contributed by atoms with Gasteiger partial charge in [0.15, 0.2) is 0 Å². The molecule has 0 rings (SSSR count). The molecule has 0 aromatic carbocycles. The van der Waals surface area contributed by atoms with Gasteiger partial charge in [-0.3, -0.25) is 0 Å². The Hall–Kier alpha value is 0.543. The van der Waals surface area contributed by atoms with E-state index < -0.39 is 0 Å². The molecule has 31 valence electrons. The van der Waals surface area contributed by atoms with Crippen molar-refractivity contribution < 1.29 is 0 Å². The summed E-state index contributed by atoms with van der Waals surface area (Å²) in [6, 6.07) is 0. The van der Waals surface area contributed by atoms with Crippen molar-refractivity contribution >= 4 is 16.5 Å². The Morgan fingerprint density at radius 3 is 1.80 bits per heavy atom. The fraction of sp³-hybridized carbons (Fsp3) is 1.00. The first-order valence-corrected chi connectivity index (χ1v) is 4.16. The molecule has 1 heteroatoms. The predicted octanol–water partition coefficient (Wildman–Crippen LogP) is 0.694. The van der Waals surface area contributed by atoms with Crippen molar-refractivity contribution in [3.05, 3.63) is 0 Å². The van der Waals surface area contributed by atoms with Gasteiger partial charge in [-0.05, 0) is 0 Å². The van der Waals surface area contributed by atoms with Crippen molar-refractivity contribution in [2.24, 2.45) is 5.92 Å². The Morgan fingerprint density at radius 2 is 1.80 bits per heavy atom. The van der Waals surface area contributed by atoms with Crippen LogP contribution < -0.4 is 0 Å². The minimum atomic E-state index is 0.940. The third-order valence-electron chi connectivity index (χ3n) is 0.577. The van der Waals surface area contributed by atoms with E-state index in [1.807, 2.05) is 0 Å².